The third-order valence-electron chi connectivity index (χ3n) is 6.24. The Bertz CT molecular complexity index is 1410. The minimum absolute atomic E-state index is 0.0984. The molecule has 178 valence electrons. The number of aromatic nitrogens is 4. The Balaban J connectivity index is 1.51. The van der Waals surface area contributed by atoms with Gasteiger partial charge in [-0.3, -0.25) is 4.79 Å². The number of amides is 1. The lowest BCUT2D eigenvalue weighted by Gasteiger charge is -2.38. The van der Waals surface area contributed by atoms with Crippen LogP contribution >= 0.6 is 0 Å². The molecule has 9 nitrogen and oxygen atoms in total. The number of benzene rings is 1. The average molecular weight is 474 g/mol. The Labute approximate surface area is 200 Å². The van der Waals surface area contributed by atoms with Crippen molar-refractivity contribution in [2.24, 2.45) is 0 Å². The lowest BCUT2D eigenvalue weighted by molar-refractivity contribution is 0.0932. The van der Waals surface area contributed by atoms with Gasteiger partial charge in [0.15, 0.2) is 17.2 Å². The first-order valence-electron chi connectivity index (χ1n) is 11.5. The number of hydrogen-bond acceptors (Lipinski definition) is 7. The Kier molecular flexibility index (Phi) is 5.20. The first-order valence-corrected chi connectivity index (χ1v) is 11.5. The van der Waals surface area contributed by atoms with Gasteiger partial charge in [0, 0.05) is 5.56 Å². The van der Waals surface area contributed by atoms with Crippen molar-refractivity contribution in [3.8, 4) is 11.6 Å². The summed E-state index contributed by atoms with van der Waals surface area (Å²) >= 11 is 0. The van der Waals surface area contributed by atoms with Crippen molar-refractivity contribution in [2.75, 3.05) is 18.1 Å². The van der Waals surface area contributed by atoms with Crippen LogP contribution < -0.4 is 19.7 Å². The van der Waals surface area contributed by atoms with Gasteiger partial charge >= 0.3 is 0 Å². The van der Waals surface area contributed by atoms with Crippen molar-refractivity contribution >= 4 is 17.4 Å². The van der Waals surface area contributed by atoms with E-state index >= 15 is 0 Å². The summed E-state index contributed by atoms with van der Waals surface area (Å²) in [7, 11) is 0. The molecule has 4 aromatic rings. The molecule has 6 rings (SSSR count). The number of carbonyl (C=O) groups is 1. The van der Waals surface area contributed by atoms with Gasteiger partial charge in [-0.05, 0) is 25.0 Å². The number of nitrogens with one attached hydrogen (secondary N) is 1. The van der Waals surface area contributed by atoms with Crippen LogP contribution in [0.4, 0.5) is 10.2 Å². The van der Waals surface area contributed by atoms with E-state index in [0.717, 1.165) is 11.8 Å². The third-order valence-corrected chi connectivity index (χ3v) is 6.24. The van der Waals surface area contributed by atoms with E-state index in [-0.39, 0.29) is 24.6 Å². The average Bonchev–Trinajstić information content (AvgIpc) is 3.27. The van der Waals surface area contributed by atoms with Crippen LogP contribution in [0, 0.1) is 5.82 Å². The summed E-state index contributed by atoms with van der Waals surface area (Å²) in [6.45, 7) is 2.77. The number of rotatable bonds is 2. The van der Waals surface area contributed by atoms with Gasteiger partial charge < -0.3 is 19.7 Å². The lowest BCUT2D eigenvalue weighted by atomic mass is 10.0. The molecule has 2 aliphatic heterocycles. The molecule has 0 spiro atoms. The zero-order chi connectivity index (χ0) is 23.9. The maximum atomic E-state index is 14.3. The summed E-state index contributed by atoms with van der Waals surface area (Å²) in [6.07, 6.45) is 4.65. The molecule has 1 N–H and O–H groups in total. The molecule has 0 radical (unpaired) electrons. The number of halogens is 1. The molecular formula is C25H23FN6O3. The largest absolute Gasteiger partial charge is 0.486 e. The van der Waals surface area contributed by atoms with Gasteiger partial charge in [0.1, 0.15) is 24.1 Å². The van der Waals surface area contributed by atoms with E-state index in [1.54, 1.807) is 6.20 Å². The second-order valence-electron chi connectivity index (χ2n) is 8.79. The topological polar surface area (TPSA) is 93.9 Å². The Morgan fingerprint density at radius 2 is 2.09 bits per heavy atom. The van der Waals surface area contributed by atoms with Crippen LogP contribution in [0.15, 0.2) is 55.0 Å². The van der Waals surface area contributed by atoms with Gasteiger partial charge in [0.2, 0.25) is 5.88 Å². The van der Waals surface area contributed by atoms with Gasteiger partial charge in [-0.25, -0.2) is 18.9 Å². The van der Waals surface area contributed by atoms with Crippen LogP contribution in [0.5, 0.6) is 11.6 Å². The van der Waals surface area contributed by atoms with Crippen molar-refractivity contribution in [1.29, 1.82) is 0 Å². The van der Waals surface area contributed by atoms with Crippen LogP contribution in [0.1, 0.15) is 28.4 Å². The summed E-state index contributed by atoms with van der Waals surface area (Å²) in [5, 5.41) is 7.16. The number of ether oxygens (including phenoxy) is 2. The molecule has 0 saturated heterocycles. The molecule has 0 unspecified atom stereocenters. The first-order chi connectivity index (χ1) is 17.0. The Morgan fingerprint density at radius 3 is 2.94 bits per heavy atom. The van der Waals surface area contributed by atoms with Crippen molar-refractivity contribution in [3.63, 3.8) is 0 Å². The van der Waals surface area contributed by atoms with E-state index in [1.165, 1.54) is 16.8 Å². The smallest absolute Gasteiger partial charge is 0.256 e. The number of nitrogens with zero attached hydrogens (tertiary/aromatic N) is 5. The maximum absolute atomic E-state index is 14.3. The molecule has 3 aromatic heterocycles. The monoisotopic (exact) mass is 474 g/mol. The fourth-order valence-corrected chi connectivity index (χ4v) is 4.50. The molecule has 2 bridgehead atoms. The van der Waals surface area contributed by atoms with Crippen LogP contribution in [-0.4, -0.2) is 50.8 Å². The van der Waals surface area contributed by atoms with Crippen molar-refractivity contribution in [3.05, 3.63) is 77.5 Å². The second-order valence-corrected chi connectivity index (χ2v) is 8.79. The minimum Gasteiger partial charge on any atom is -0.486 e. The Hall–Kier alpha value is -4.21. The molecule has 0 aliphatic carbocycles. The standard InChI is InChI=1S/C25H23FN6O3/c1-15-9-27-24(33)20-11-29-32-13-21-23(30-22(20)32)31(12-17-8-18(26)10-28-25(17)35-15)19(14-34-21)7-16-5-3-2-4-6-16/h2-6,8,10-11,13,15,19H,7,9,12,14H2,1H3,(H,27,33)/t15-,19+/m0/s1. The highest BCUT2D eigenvalue weighted by atomic mass is 19.1. The van der Waals surface area contributed by atoms with Crippen LogP contribution in [-0.2, 0) is 13.0 Å². The highest BCUT2D eigenvalue weighted by molar-refractivity contribution is 5.99. The quantitative estimate of drug-likeness (QED) is 0.478. The van der Waals surface area contributed by atoms with Crippen molar-refractivity contribution in [1.82, 2.24) is 24.9 Å². The van der Waals surface area contributed by atoms with Crippen LogP contribution in [0.3, 0.4) is 0 Å². The molecule has 1 aromatic carbocycles. The maximum Gasteiger partial charge on any atom is 0.256 e. The summed E-state index contributed by atoms with van der Waals surface area (Å²) in [5.74, 6) is 0.655. The summed E-state index contributed by atoms with van der Waals surface area (Å²) in [4.78, 5) is 24.0. The zero-order valence-electron chi connectivity index (χ0n) is 19.0. The summed E-state index contributed by atoms with van der Waals surface area (Å²) in [6, 6.07) is 11.4. The van der Waals surface area contributed by atoms with Gasteiger partial charge in [-0.2, -0.15) is 5.10 Å². The molecule has 1 amide bonds. The first kappa shape index (κ1) is 21.3. The van der Waals surface area contributed by atoms with Gasteiger partial charge in [0.25, 0.3) is 5.91 Å². The number of hydrogen-bond donors (Lipinski definition) is 1. The Morgan fingerprint density at radius 1 is 1.23 bits per heavy atom. The van der Waals surface area contributed by atoms with E-state index in [2.05, 4.69) is 32.4 Å². The highest BCUT2D eigenvalue weighted by Crippen LogP contribution is 2.36. The molecule has 10 heteroatoms. The summed E-state index contributed by atoms with van der Waals surface area (Å²) < 4.78 is 28.0. The minimum atomic E-state index is -0.452. The van der Waals surface area contributed by atoms with E-state index in [1.807, 2.05) is 25.1 Å². The number of pyridine rings is 1. The number of anilines is 1. The SMILES string of the molecule is C[C@H]1CNC(=O)c2cnn3cc4c(nc23)N(Cc2cc(F)cnc2O1)[C@H](Cc1ccccc1)CO4. The van der Waals surface area contributed by atoms with Gasteiger partial charge in [0.05, 0.1) is 37.7 Å². The molecule has 2 aliphatic rings. The third kappa shape index (κ3) is 4.01. The van der Waals surface area contributed by atoms with Crippen LogP contribution in [0.25, 0.3) is 5.65 Å². The predicted octanol–water partition coefficient (Wildman–Crippen LogP) is 2.78. The molecule has 2 atom stereocenters. The van der Waals surface area contributed by atoms with Crippen molar-refractivity contribution < 1.29 is 18.7 Å². The molecule has 5 heterocycles. The number of fused-ring (bicyclic) bond motifs is 1. The predicted molar refractivity (Wildman–Crippen MR) is 125 cm³/mol. The molecular weight excluding hydrogens is 451 g/mol. The molecule has 0 fully saturated rings. The van der Waals surface area contributed by atoms with E-state index in [9.17, 15) is 9.18 Å². The van der Waals surface area contributed by atoms with E-state index < -0.39 is 5.82 Å². The van der Waals surface area contributed by atoms with E-state index in [0.29, 0.717) is 53.8 Å². The van der Waals surface area contributed by atoms with Crippen LogP contribution in [0.2, 0.25) is 0 Å². The summed E-state index contributed by atoms with van der Waals surface area (Å²) in [5.41, 5.74) is 2.50. The molecule has 35 heavy (non-hydrogen) atoms. The second kappa shape index (κ2) is 8.53. The fraction of sp³-hybridized carbons (Fsp3) is 0.280. The normalized spacial score (nSPS) is 19.6. The number of carbonyl (C=O) groups excluding carboxylic acids is 1. The van der Waals surface area contributed by atoms with Gasteiger partial charge in [-0.1, -0.05) is 30.3 Å². The van der Waals surface area contributed by atoms with E-state index in [4.69, 9.17) is 14.5 Å². The molecule has 0 saturated carbocycles. The van der Waals surface area contributed by atoms with Crippen molar-refractivity contribution in [2.45, 2.75) is 32.0 Å². The fourth-order valence-electron chi connectivity index (χ4n) is 4.50. The van der Waals surface area contributed by atoms with Gasteiger partial charge in [-0.15, -0.1) is 0 Å². The lowest BCUT2D eigenvalue weighted by Crippen LogP contribution is -2.45. The highest BCUT2D eigenvalue weighted by Gasteiger charge is 2.32. The zero-order valence-corrected chi connectivity index (χ0v) is 19.0.